The maximum Gasteiger partial charge on any atom is 0.326 e. The van der Waals surface area contributed by atoms with E-state index in [1.165, 1.54) is 12.1 Å². The van der Waals surface area contributed by atoms with Gasteiger partial charge in [0.25, 0.3) is 0 Å². The van der Waals surface area contributed by atoms with Crippen LogP contribution in [0.3, 0.4) is 0 Å². The van der Waals surface area contributed by atoms with Crippen LogP contribution in [0.5, 0.6) is 5.75 Å². The number of hydrogen-bond acceptors (Lipinski definition) is 3. The van der Waals surface area contributed by atoms with Gasteiger partial charge in [-0.2, -0.15) is 0 Å². The highest BCUT2D eigenvalue weighted by molar-refractivity contribution is 5.79. The normalized spacial score (nSPS) is 19.8. The molecule has 0 spiro atoms. The lowest BCUT2D eigenvalue weighted by Gasteiger charge is -2.39. The Bertz CT molecular complexity index is 490. The topological polar surface area (TPSA) is 49.8 Å². The van der Waals surface area contributed by atoms with E-state index in [9.17, 15) is 14.3 Å². The number of aliphatic carboxylic acids is 1. The van der Waals surface area contributed by atoms with Crippen LogP contribution in [0.4, 0.5) is 10.1 Å². The number of rotatable bonds is 3. The van der Waals surface area contributed by atoms with Gasteiger partial charge in [0, 0.05) is 6.07 Å². The van der Waals surface area contributed by atoms with Gasteiger partial charge in [-0.15, -0.1) is 0 Å². The molecule has 1 aliphatic heterocycles. The number of carbonyl (C=O) groups is 1. The average Bonchev–Trinajstić information content (AvgIpc) is 2.36. The molecule has 4 nitrogen and oxygen atoms in total. The predicted molar refractivity (Wildman–Crippen MR) is 70.1 cm³/mol. The number of hydrogen-bond donors (Lipinski definition) is 1. The molecule has 0 aromatic heterocycles. The molecule has 0 fully saturated rings. The van der Waals surface area contributed by atoms with Crippen molar-refractivity contribution in [2.75, 3.05) is 11.4 Å². The number of nitrogens with zero attached hydrogens (tertiary/aromatic N) is 1. The highest BCUT2D eigenvalue weighted by Gasteiger charge is 2.33. The average molecular weight is 267 g/mol. The van der Waals surface area contributed by atoms with Gasteiger partial charge in [-0.1, -0.05) is 13.8 Å². The lowest BCUT2D eigenvalue weighted by Crippen LogP contribution is -2.49. The van der Waals surface area contributed by atoms with Crippen LogP contribution in [0.15, 0.2) is 18.2 Å². The zero-order valence-electron chi connectivity index (χ0n) is 11.3. The van der Waals surface area contributed by atoms with Crippen molar-refractivity contribution < 1.29 is 19.0 Å². The van der Waals surface area contributed by atoms with Crippen LogP contribution in [-0.2, 0) is 4.79 Å². The Labute approximate surface area is 111 Å². The molecule has 2 unspecified atom stereocenters. The Morgan fingerprint density at radius 1 is 1.47 bits per heavy atom. The largest absolute Gasteiger partial charge is 0.486 e. The molecule has 104 valence electrons. The molecule has 2 rings (SSSR count). The SMILES string of the molecule is CC(C)C1CN(C(C)C(=O)O)c2cc(F)ccc2O1. The Balaban J connectivity index is 2.41. The van der Waals surface area contributed by atoms with E-state index in [0.29, 0.717) is 18.0 Å². The molecule has 1 N–H and O–H groups in total. The summed E-state index contributed by atoms with van der Waals surface area (Å²) in [7, 11) is 0. The molecular weight excluding hydrogens is 249 g/mol. The molecule has 1 heterocycles. The summed E-state index contributed by atoms with van der Waals surface area (Å²) < 4.78 is 19.2. The molecule has 1 aromatic rings. The van der Waals surface area contributed by atoms with Crippen molar-refractivity contribution >= 4 is 11.7 Å². The van der Waals surface area contributed by atoms with Crippen molar-refractivity contribution in [2.45, 2.75) is 32.9 Å². The van der Waals surface area contributed by atoms with Gasteiger partial charge in [-0.25, -0.2) is 9.18 Å². The van der Waals surface area contributed by atoms with E-state index in [0.717, 1.165) is 0 Å². The van der Waals surface area contributed by atoms with Crippen LogP contribution in [0.25, 0.3) is 0 Å². The van der Waals surface area contributed by atoms with Crippen molar-refractivity contribution in [3.05, 3.63) is 24.0 Å². The first-order chi connectivity index (χ1) is 8.90. The van der Waals surface area contributed by atoms with Crippen LogP contribution in [-0.4, -0.2) is 29.8 Å². The minimum absolute atomic E-state index is 0.0974. The highest BCUT2D eigenvalue weighted by atomic mass is 19.1. The fourth-order valence-corrected chi connectivity index (χ4v) is 2.15. The lowest BCUT2D eigenvalue weighted by molar-refractivity contribution is -0.138. The second kappa shape index (κ2) is 5.07. The fraction of sp³-hybridized carbons (Fsp3) is 0.500. The van der Waals surface area contributed by atoms with Gasteiger partial charge in [0.15, 0.2) is 0 Å². The fourth-order valence-electron chi connectivity index (χ4n) is 2.15. The molecule has 1 aliphatic rings. The summed E-state index contributed by atoms with van der Waals surface area (Å²) in [6.45, 7) is 6.08. The maximum atomic E-state index is 13.4. The maximum absolute atomic E-state index is 13.4. The molecule has 0 aliphatic carbocycles. The third-order valence-corrected chi connectivity index (χ3v) is 3.45. The van der Waals surface area contributed by atoms with Crippen LogP contribution >= 0.6 is 0 Å². The molecule has 0 saturated carbocycles. The van der Waals surface area contributed by atoms with E-state index >= 15 is 0 Å². The van der Waals surface area contributed by atoms with E-state index in [4.69, 9.17) is 4.74 Å². The van der Waals surface area contributed by atoms with Crippen molar-refractivity contribution in [1.82, 2.24) is 0 Å². The van der Waals surface area contributed by atoms with E-state index in [-0.39, 0.29) is 12.0 Å². The smallest absolute Gasteiger partial charge is 0.326 e. The van der Waals surface area contributed by atoms with Gasteiger partial charge in [0.05, 0.1) is 12.2 Å². The third kappa shape index (κ3) is 2.64. The first-order valence-corrected chi connectivity index (χ1v) is 6.35. The van der Waals surface area contributed by atoms with Crippen molar-refractivity contribution in [1.29, 1.82) is 0 Å². The number of carboxylic acid groups (broad SMARTS) is 1. The van der Waals surface area contributed by atoms with Crippen molar-refractivity contribution in [2.24, 2.45) is 5.92 Å². The summed E-state index contributed by atoms with van der Waals surface area (Å²) in [5.74, 6) is -0.534. The minimum atomic E-state index is -0.931. The molecule has 1 aromatic carbocycles. The van der Waals surface area contributed by atoms with E-state index in [1.54, 1.807) is 17.9 Å². The van der Waals surface area contributed by atoms with Crippen LogP contribution in [0.2, 0.25) is 0 Å². The first-order valence-electron chi connectivity index (χ1n) is 6.35. The molecule has 0 saturated heterocycles. The van der Waals surface area contributed by atoms with Crippen molar-refractivity contribution in [3.63, 3.8) is 0 Å². The summed E-state index contributed by atoms with van der Waals surface area (Å²) in [6.07, 6.45) is -0.0974. The molecular formula is C14H18FNO3. The molecule has 5 heteroatoms. The molecule has 0 amide bonds. The van der Waals surface area contributed by atoms with Crippen LogP contribution < -0.4 is 9.64 Å². The Hall–Kier alpha value is -1.78. The zero-order valence-corrected chi connectivity index (χ0v) is 11.3. The summed E-state index contributed by atoms with van der Waals surface area (Å²) in [6, 6.07) is 3.49. The molecule has 0 bridgehead atoms. The lowest BCUT2D eigenvalue weighted by atomic mass is 10.0. The van der Waals surface area contributed by atoms with Crippen LogP contribution in [0, 0.1) is 11.7 Å². The number of halogens is 1. The molecule has 2 atom stereocenters. The minimum Gasteiger partial charge on any atom is -0.486 e. The Kier molecular flexibility index (Phi) is 3.64. The predicted octanol–water partition coefficient (Wildman–Crippen LogP) is 2.52. The van der Waals surface area contributed by atoms with Crippen LogP contribution in [0.1, 0.15) is 20.8 Å². The summed E-state index contributed by atoms with van der Waals surface area (Å²) in [5.41, 5.74) is 0.506. The number of ether oxygens (including phenoxy) is 1. The zero-order chi connectivity index (χ0) is 14.2. The van der Waals surface area contributed by atoms with Crippen molar-refractivity contribution in [3.8, 4) is 5.75 Å². The van der Waals surface area contributed by atoms with Gasteiger partial charge in [0.1, 0.15) is 23.7 Å². The number of anilines is 1. The van der Waals surface area contributed by atoms with Gasteiger partial charge in [0.2, 0.25) is 0 Å². The van der Waals surface area contributed by atoms with E-state index in [1.807, 2.05) is 13.8 Å². The molecule has 19 heavy (non-hydrogen) atoms. The standard InChI is InChI=1S/C14H18FNO3/c1-8(2)13-7-16(9(3)14(17)18)11-6-10(15)4-5-12(11)19-13/h4-6,8-9,13H,7H2,1-3H3,(H,17,18). The summed E-state index contributed by atoms with van der Waals surface area (Å²) in [5, 5.41) is 9.18. The highest BCUT2D eigenvalue weighted by Crippen LogP contribution is 2.36. The monoisotopic (exact) mass is 267 g/mol. The third-order valence-electron chi connectivity index (χ3n) is 3.45. The van der Waals surface area contributed by atoms with E-state index < -0.39 is 17.8 Å². The second-order valence-electron chi connectivity index (χ2n) is 5.18. The molecule has 0 radical (unpaired) electrons. The number of fused-ring (bicyclic) bond motifs is 1. The van der Waals surface area contributed by atoms with Gasteiger partial charge in [-0.05, 0) is 25.0 Å². The Morgan fingerprint density at radius 3 is 2.74 bits per heavy atom. The second-order valence-corrected chi connectivity index (χ2v) is 5.18. The number of carboxylic acids is 1. The summed E-state index contributed by atoms with van der Waals surface area (Å²) in [4.78, 5) is 12.9. The van der Waals surface area contributed by atoms with Gasteiger partial charge >= 0.3 is 5.97 Å². The van der Waals surface area contributed by atoms with E-state index in [2.05, 4.69) is 0 Å². The van der Waals surface area contributed by atoms with Gasteiger partial charge < -0.3 is 14.7 Å². The van der Waals surface area contributed by atoms with Gasteiger partial charge in [-0.3, -0.25) is 0 Å². The number of benzene rings is 1. The Morgan fingerprint density at radius 2 is 2.16 bits per heavy atom. The summed E-state index contributed by atoms with van der Waals surface area (Å²) >= 11 is 0. The first kappa shape index (κ1) is 13.6. The quantitative estimate of drug-likeness (QED) is 0.914.